The average Bonchev–Trinajstić information content (AvgIpc) is 2.34. The lowest BCUT2D eigenvalue weighted by molar-refractivity contribution is -0.119. The molecule has 2 atom stereocenters. The first kappa shape index (κ1) is 8.57. The van der Waals surface area contributed by atoms with E-state index in [1.807, 2.05) is 0 Å². The molecule has 2 nitrogen and oxygen atoms in total. The van der Waals surface area contributed by atoms with E-state index < -0.39 is 0 Å². The molecule has 0 spiro atoms. The van der Waals surface area contributed by atoms with Gasteiger partial charge in [0.2, 0.25) is 5.91 Å². The van der Waals surface area contributed by atoms with Crippen molar-refractivity contribution in [3.63, 3.8) is 0 Å². The van der Waals surface area contributed by atoms with Crippen LogP contribution in [0.25, 0.3) is 0 Å². The normalized spacial score (nSPS) is 27.3. The standard InChI is InChI=1S/C9H17NO/c1-6(2)7(3)8-4-9(11)10-5-8/h6-8H,4-5H2,1-3H3,(H,10,11). The Hall–Kier alpha value is -0.530. The van der Waals surface area contributed by atoms with Crippen molar-refractivity contribution in [3.05, 3.63) is 0 Å². The van der Waals surface area contributed by atoms with Gasteiger partial charge in [-0.1, -0.05) is 20.8 Å². The van der Waals surface area contributed by atoms with Gasteiger partial charge in [-0.3, -0.25) is 4.79 Å². The Labute approximate surface area is 68.4 Å². The maximum atomic E-state index is 10.9. The quantitative estimate of drug-likeness (QED) is 0.642. The Morgan fingerprint density at radius 2 is 2.09 bits per heavy atom. The highest BCUT2D eigenvalue weighted by Crippen LogP contribution is 2.25. The number of amides is 1. The van der Waals surface area contributed by atoms with E-state index in [0.717, 1.165) is 13.0 Å². The van der Waals surface area contributed by atoms with Crippen molar-refractivity contribution in [3.8, 4) is 0 Å². The highest BCUT2D eigenvalue weighted by atomic mass is 16.1. The molecule has 1 rings (SSSR count). The predicted molar refractivity (Wildman–Crippen MR) is 45.1 cm³/mol. The lowest BCUT2D eigenvalue weighted by atomic mass is 9.84. The first-order chi connectivity index (χ1) is 5.11. The van der Waals surface area contributed by atoms with E-state index in [2.05, 4.69) is 26.1 Å². The van der Waals surface area contributed by atoms with Crippen LogP contribution in [0.2, 0.25) is 0 Å². The zero-order valence-corrected chi connectivity index (χ0v) is 7.55. The second kappa shape index (κ2) is 3.24. The lowest BCUT2D eigenvalue weighted by Gasteiger charge is -2.20. The molecule has 1 saturated heterocycles. The Bertz CT molecular complexity index is 154. The third-order valence-electron chi connectivity index (χ3n) is 2.80. The summed E-state index contributed by atoms with van der Waals surface area (Å²) in [5.74, 6) is 2.15. The van der Waals surface area contributed by atoms with Gasteiger partial charge in [-0.2, -0.15) is 0 Å². The summed E-state index contributed by atoms with van der Waals surface area (Å²) in [5, 5.41) is 2.87. The maximum absolute atomic E-state index is 10.9. The molecule has 2 heteroatoms. The first-order valence-electron chi connectivity index (χ1n) is 4.38. The van der Waals surface area contributed by atoms with Crippen molar-refractivity contribution >= 4 is 5.91 Å². The predicted octanol–water partition coefficient (Wildman–Crippen LogP) is 1.41. The van der Waals surface area contributed by atoms with Crippen molar-refractivity contribution in [1.29, 1.82) is 0 Å². The zero-order chi connectivity index (χ0) is 8.43. The van der Waals surface area contributed by atoms with Crippen LogP contribution in [0.4, 0.5) is 0 Å². The molecule has 0 aromatic heterocycles. The van der Waals surface area contributed by atoms with Crippen LogP contribution in [0.15, 0.2) is 0 Å². The van der Waals surface area contributed by atoms with Gasteiger partial charge in [0.1, 0.15) is 0 Å². The van der Waals surface area contributed by atoms with Gasteiger partial charge in [-0.15, -0.1) is 0 Å². The van der Waals surface area contributed by atoms with Gasteiger partial charge in [0.15, 0.2) is 0 Å². The second-order valence-corrected chi connectivity index (χ2v) is 3.87. The Kier molecular flexibility index (Phi) is 2.53. The molecule has 0 aromatic rings. The lowest BCUT2D eigenvalue weighted by Crippen LogP contribution is -2.19. The van der Waals surface area contributed by atoms with Crippen molar-refractivity contribution in [2.45, 2.75) is 27.2 Å². The Morgan fingerprint density at radius 3 is 2.45 bits per heavy atom. The molecular formula is C9H17NO. The Morgan fingerprint density at radius 1 is 1.45 bits per heavy atom. The van der Waals surface area contributed by atoms with E-state index in [-0.39, 0.29) is 5.91 Å². The molecule has 1 amide bonds. The third-order valence-corrected chi connectivity index (χ3v) is 2.80. The molecule has 0 bridgehead atoms. The van der Waals surface area contributed by atoms with E-state index in [1.54, 1.807) is 0 Å². The van der Waals surface area contributed by atoms with Crippen LogP contribution in [0.5, 0.6) is 0 Å². The molecule has 0 aromatic carbocycles. The Balaban J connectivity index is 2.43. The monoisotopic (exact) mass is 155 g/mol. The van der Waals surface area contributed by atoms with Gasteiger partial charge < -0.3 is 5.32 Å². The molecule has 0 aliphatic carbocycles. The van der Waals surface area contributed by atoms with Crippen LogP contribution in [0.1, 0.15) is 27.2 Å². The molecule has 1 N–H and O–H groups in total. The van der Waals surface area contributed by atoms with Crippen molar-refractivity contribution in [2.75, 3.05) is 6.54 Å². The van der Waals surface area contributed by atoms with Gasteiger partial charge in [0.25, 0.3) is 0 Å². The fourth-order valence-corrected chi connectivity index (χ4v) is 1.54. The van der Waals surface area contributed by atoms with Crippen LogP contribution in [0, 0.1) is 17.8 Å². The van der Waals surface area contributed by atoms with E-state index in [4.69, 9.17) is 0 Å². The molecule has 1 aliphatic heterocycles. The zero-order valence-electron chi connectivity index (χ0n) is 7.55. The van der Waals surface area contributed by atoms with Crippen LogP contribution < -0.4 is 5.32 Å². The van der Waals surface area contributed by atoms with Gasteiger partial charge in [0, 0.05) is 13.0 Å². The van der Waals surface area contributed by atoms with E-state index in [9.17, 15) is 4.79 Å². The fourth-order valence-electron chi connectivity index (χ4n) is 1.54. The first-order valence-corrected chi connectivity index (χ1v) is 4.38. The molecule has 0 radical (unpaired) electrons. The number of hydrogen-bond acceptors (Lipinski definition) is 1. The molecule has 2 unspecified atom stereocenters. The minimum absolute atomic E-state index is 0.225. The average molecular weight is 155 g/mol. The van der Waals surface area contributed by atoms with Crippen LogP contribution in [-0.4, -0.2) is 12.5 Å². The molecule has 1 aliphatic rings. The van der Waals surface area contributed by atoms with Gasteiger partial charge >= 0.3 is 0 Å². The minimum atomic E-state index is 0.225. The highest BCUT2D eigenvalue weighted by molar-refractivity contribution is 5.78. The molecule has 64 valence electrons. The summed E-state index contributed by atoms with van der Waals surface area (Å²) in [6.07, 6.45) is 0.735. The fraction of sp³-hybridized carbons (Fsp3) is 0.889. The van der Waals surface area contributed by atoms with Gasteiger partial charge in [-0.05, 0) is 17.8 Å². The number of rotatable bonds is 2. The summed E-state index contributed by atoms with van der Waals surface area (Å²) in [7, 11) is 0. The summed E-state index contributed by atoms with van der Waals surface area (Å²) in [6.45, 7) is 7.55. The van der Waals surface area contributed by atoms with Gasteiger partial charge in [-0.25, -0.2) is 0 Å². The van der Waals surface area contributed by atoms with E-state index in [0.29, 0.717) is 17.8 Å². The van der Waals surface area contributed by atoms with Crippen LogP contribution >= 0.6 is 0 Å². The second-order valence-electron chi connectivity index (χ2n) is 3.87. The number of carbonyl (C=O) groups excluding carboxylic acids is 1. The summed E-state index contributed by atoms with van der Waals surface area (Å²) in [6, 6.07) is 0. The summed E-state index contributed by atoms with van der Waals surface area (Å²) >= 11 is 0. The van der Waals surface area contributed by atoms with Crippen LogP contribution in [-0.2, 0) is 4.79 Å². The summed E-state index contributed by atoms with van der Waals surface area (Å²) in [5.41, 5.74) is 0. The molecule has 11 heavy (non-hydrogen) atoms. The van der Waals surface area contributed by atoms with Crippen molar-refractivity contribution < 1.29 is 4.79 Å². The molecular weight excluding hydrogens is 138 g/mol. The topological polar surface area (TPSA) is 29.1 Å². The smallest absolute Gasteiger partial charge is 0.220 e. The number of nitrogens with one attached hydrogen (secondary N) is 1. The number of hydrogen-bond donors (Lipinski definition) is 1. The summed E-state index contributed by atoms with van der Waals surface area (Å²) in [4.78, 5) is 10.9. The molecule has 0 saturated carbocycles. The van der Waals surface area contributed by atoms with Crippen LogP contribution in [0.3, 0.4) is 0 Å². The highest BCUT2D eigenvalue weighted by Gasteiger charge is 2.27. The summed E-state index contributed by atoms with van der Waals surface area (Å²) < 4.78 is 0. The van der Waals surface area contributed by atoms with Gasteiger partial charge in [0.05, 0.1) is 0 Å². The van der Waals surface area contributed by atoms with E-state index >= 15 is 0 Å². The van der Waals surface area contributed by atoms with E-state index in [1.165, 1.54) is 0 Å². The maximum Gasteiger partial charge on any atom is 0.220 e. The minimum Gasteiger partial charge on any atom is -0.356 e. The molecule has 1 heterocycles. The molecule has 1 fully saturated rings. The largest absolute Gasteiger partial charge is 0.356 e. The SMILES string of the molecule is CC(C)C(C)C1CNC(=O)C1. The van der Waals surface area contributed by atoms with Crippen molar-refractivity contribution in [1.82, 2.24) is 5.32 Å². The third kappa shape index (κ3) is 1.95. The van der Waals surface area contributed by atoms with Crippen molar-refractivity contribution in [2.24, 2.45) is 17.8 Å². The number of carbonyl (C=O) groups is 1.